The Morgan fingerprint density at radius 1 is 1.38 bits per heavy atom. The average Bonchev–Trinajstić information content (AvgIpc) is 2.65. The minimum Gasteiger partial charge on any atom is -0.367 e. The van der Waals surface area contributed by atoms with Crippen LogP contribution < -0.4 is 10.5 Å². The normalized spacial score (nSPS) is 19.1. The van der Waals surface area contributed by atoms with Gasteiger partial charge in [-0.3, -0.25) is 9.59 Å². The predicted octanol–water partition coefficient (Wildman–Crippen LogP) is -0.201. The summed E-state index contributed by atoms with van der Waals surface area (Å²) in [5.74, 6) is -0.418. The highest BCUT2D eigenvalue weighted by Crippen LogP contribution is 2.14. The number of nitrogens with two attached hydrogens (primary N) is 1. The van der Waals surface area contributed by atoms with Crippen LogP contribution in [-0.2, 0) is 24.3 Å². The molecule has 0 radical (unpaired) electrons. The minimum absolute atomic E-state index is 0.0248. The van der Waals surface area contributed by atoms with Crippen molar-refractivity contribution in [1.82, 2.24) is 9.62 Å². The Kier molecular flexibility index (Phi) is 7.44. The number of sulfonamides is 1. The summed E-state index contributed by atoms with van der Waals surface area (Å²) in [6.45, 7) is 0.489. The molecule has 1 saturated heterocycles. The number of carbonyl (C=O) groups excluding carboxylic acids is 2. The van der Waals surface area contributed by atoms with E-state index in [1.54, 1.807) is 18.2 Å². The van der Waals surface area contributed by atoms with E-state index in [2.05, 4.69) is 4.72 Å². The van der Waals surface area contributed by atoms with Crippen molar-refractivity contribution in [1.29, 1.82) is 0 Å². The van der Waals surface area contributed by atoms with Crippen LogP contribution in [0.25, 0.3) is 0 Å². The summed E-state index contributed by atoms with van der Waals surface area (Å²) in [6, 6.07) is 6.97. The highest BCUT2D eigenvalue weighted by molar-refractivity contribution is 7.98. The number of amides is 2. The second-order valence-electron chi connectivity index (χ2n) is 5.81. The molecule has 0 aliphatic carbocycles. The van der Waals surface area contributed by atoms with Crippen molar-refractivity contribution in [2.45, 2.75) is 23.5 Å². The molecule has 26 heavy (non-hydrogen) atoms. The van der Waals surface area contributed by atoms with Crippen LogP contribution in [0.1, 0.15) is 6.42 Å². The number of primary amides is 1. The molecule has 10 heteroatoms. The fourth-order valence-corrected chi connectivity index (χ4v) is 4.28. The van der Waals surface area contributed by atoms with Gasteiger partial charge in [-0.25, -0.2) is 8.42 Å². The molecule has 1 aliphatic rings. The molecule has 2 amide bonds. The number of nitrogens with zero attached hydrogens (tertiary/aromatic N) is 1. The smallest absolute Gasteiger partial charge is 0.248 e. The predicted molar refractivity (Wildman–Crippen MR) is 99.1 cm³/mol. The largest absolute Gasteiger partial charge is 0.367 e. The Bertz CT molecular complexity index is 727. The first-order chi connectivity index (χ1) is 12.3. The molecule has 0 bridgehead atoms. The van der Waals surface area contributed by atoms with Crippen molar-refractivity contribution >= 4 is 33.6 Å². The lowest BCUT2D eigenvalue weighted by atomic mass is 10.2. The molecular formula is C16H23N3O5S2. The summed E-state index contributed by atoms with van der Waals surface area (Å²) < 4.78 is 32.9. The van der Waals surface area contributed by atoms with Crippen LogP contribution >= 0.6 is 11.8 Å². The Balaban J connectivity index is 2.15. The van der Waals surface area contributed by atoms with Crippen molar-refractivity contribution in [2.75, 3.05) is 31.7 Å². The van der Waals surface area contributed by atoms with E-state index in [1.165, 1.54) is 28.8 Å². The van der Waals surface area contributed by atoms with Gasteiger partial charge in [0, 0.05) is 6.54 Å². The molecule has 1 aromatic rings. The zero-order valence-electron chi connectivity index (χ0n) is 14.5. The van der Waals surface area contributed by atoms with Gasteiger partial charge in [-0.1, -0.05) is 18.2 Å². The number of benzene rings is 1. The monoisotopic (exact) mass is 401 g/mol. The molecule has 0 unspecified atom stereocenters. The number of hydrogen-bond donors (Lipinski definition) is 2. The molecule has 0 aromatic heterocycles. The van der Waals surface area contributed by atoms with Crippen LogP contribution in [0.5, 0.6) is 0 Å². The first kappa shape index (κ1) is 20.7. The van der Waals surface area contributed by atoms with Gasteiger partial charge in [0.2, 0.25) is 21.8 Å². The van der Waals surface area contributed by atoms with Gasteiger partial charge in [0.05, 0.1) is 18.0 Å². The third-order valence-corrected chi connectivity index (χ3v) is 6.09. The molecule has 0 spiro atoms. The van der Waals surface area contributed by atoms with Gasteiger partial charge in [0.25, 0.3) is 0 Å². The molecule has 1 aliphatic heterocycles. The summed E-state index contributed by atoms with van der Waals surface area (Å²) in [4.78, 5) is 25.7. The lowest BCUT2D eigenvalue weighted by Crippen LogP contribution is -2.56. The van der Waals surface area contributed by atoms with E-state index in [0.717, 1.165) is 0 Å². The molecule has 144 valence electrons. The number of carbonyl (C=O) groups is 2. The van der Waals surface area contributed by atoms with Crippen LogP contribution in [0.3, 0.4) is 0 Å². The maximum absolute atomic E-state index is 12.9. The molecule has 1 heterocycles. The van der Waals surface area contributed by atoms with Crippen molar-refractivity contribution in [3.8, 4) is 0 Å². The summed E-state index contributed by atoms with van der Waals surface area (Å²) in [5.41, 5.74) is 5.25. The second kappa shape index (κ2) is 9.36. The maximum Gasteiger partial charge on any atom is 0.248 e. The second-order valence-corrected chi connectivity index (χ2v) is 8.51. The number of rotatable bonds is 8. The molecule has 3 N–H and O–H groups in total. The minimum atomic E-state index is -3.83. The van der Waals surface area contributed by atoms with Crippen LogP contribution in [0.4, 0.5) is 0 Å². The zero-order valence-corrected chi connectivity index (χ0v) is 16.1. The standard InChI is InChI=1S/C16H23N3O5S2/c1-25-10-7-13(18-26(22,23)12-5-3-2-4-6-12)16(21)19-8-9-24-14(11-19)15(17)20/h2-6,13-14,18H,7-11H2,1H3,(H2,17,20)/t13-,14+/m0/s1. The molecular weight excluding hydrogens is 378 g/mol. The first-order valence-corrected chi connectivity index (χ1v) is 11.0. The topological polar surface area (TPSA) is 119 Å². The van der Waals surface area contributed by atoms with Gasteiger partial charge in [-0.2, -0.15) is 16.5 Å². The summed E-state index contributed by atoms with van der Waals surface area (Å²) in [7, 11) is -3.83. The van der Waals surface area contributed by atoms with Gasteiger partial charge in [0.1, 0.15) is 6.04 Å². The third kappa shape index (κ3) is 5.44. The van der Waals surface area contributed by atoms with E-state index >= 15 is 0 Å². The average molecular weight is 402 g/mol. The molecule has 8 nitrogen and oxygen atoms in total. The SMILES string of the molecule is CSCC[C@H](NS(=O)(=O)c1ccccc1)C(=O)N1CCO[C@@H](C(N)=O)C1. The Labute approximate surface area is 157 Å². The van der Waals surface area contributed by atoms with Crippen LogP contribution in [-0.4, -0.2) is 69.0 Å². The van der Waals surface area contributed by atoms with Crippen molar-refractivity contribution in [3.05, 3.63) is 30.3 Å². The molecule has 2 rings (SSSR count). The quantitative estimate of drug-likeness (QED) is 0.623. The fraction of sp³-hybridized carbons (Fsp3) is 0.500. The summed E-state index contributed by atoms with van der Waals surface area (Å²) >= 11 is 1.52. The Morgan fingerprint density at radius 3 is 2.69 bits per heavy atom. The van der Waals surface area contributed by atoms with E-state index in [9.17, 15) is 18.0 Å². The van der Waals surface area contributed by atoms with Gasteiger partial charge in [0.15, 0.2) is 6.10 Å². The van der Waals surface area contributed by atoms with Crippen molar-refractivity contribution in [2.24, 2.45) is 5.73 Å². The van der Waals surface area contributed by atoms with Crippen LogP contribution in [0, 0.1) is 0 Å². The number of nitrogens with one attached hydrogen (secondary N) is 1. The number of morpholine rings is 1. The maximum atomic E-state index is 12.9. The molecule has 1 aromatic carbocycles. The lowest BCUT2D eigenvalue weighted by Gasteiger charge is -2.34. The van der Waals surface area contributed by atoms with Gasteiger partial charge >= 0.3 is 0 Å². The zero-order chi connectivity index (χ0) is 19.2. The molecule has 2 atom stereocenters. The van der Waals surface area contributed by atoms with E-state index in [4.69, 9.17) is 10.5 Å². The van der Waals surface area contributed by atoms with Gasteiger partial charge in [-0.05, 0) is 30.6 Å². The highest BCUT2D eigenvalue weighted by atomic mass is 32.2. The van der Waals surface area contributed by atoms with Gasteiger partial charge < -0.3 is 15.4 Å². The van der Waals surface area contributed by atoms with E-state index < -0.39 is 28.1 Å². The van der Waals surface area contributed by atoms with Crippen molar-refractivity contribution < 1.29 is 22.7 Å². The third-order valence-electron chi connectivity index (χ3n) is 3.96. The van der Waals surface area contributed by atoms with Crippen LogP contribution in [0.15, 0.2) is 35.2 Å². The Morgan fingerprint density at radius 2 is 2.08 bits per heavy atom. The first-order valence-electron chi connectivity index (χ1n) is 8.11. The number of thioether (sulfide) groups is 1. The number of ether oxygens (including phenoxy) is 1. The number of hydrogen-bond acceptors (Lipinski definition) is 6. The molecule has 1 fully saturated rings. The fourth-order valence-electron chi connectivity index (χ4n) is 2.57. The highest BCUT2D eigenvalue weighted by Gasteiger charge is 2.33. The lowest BCUT2D eigenvalue weighted by molar-refractivity contribution is -0.146. The van der Waals surface area contributed by atoms with Crippen LogP contribution in [0.2, 0.25) is 0 Å². The van der Waals surface area contributed by atoms with Crippen molar-refractivity contribution in [3.63, 3.8) is 0 Å². The van der Waals surface area contributed by atoms with E-state index in [-0.39, 0.29) is 30.5 Å². The summed E-state index contributed by atoms with van der Waals surface area (Å²) in [5, 5.41) is 0. The van der Waals surface area contributed by atoms with E-state index in [1.807, 2.05) is 6.26 Å². The molecule has 0 saturated carbocycles. The Hall–Kier alpha value is -1.62. The van der Waals surface area contributed by atoms with E-state index in [0.29, 0.717) is 12.2 Å². The summed E-state index contributed by atoms with van der Waals surface area (Å²) in [6.07, 6.45) is 1.34. The van der Waals surface area contributed by atoms with Gasteiger partial charge in [-0.15, -0.1) is 0 Å².